The van der Waals surface area contributed by atoms with Crippen molar-refractivity contribution in [3.8, 4) is 0 Å². The number of aliphatic hydroxyl groups is 1. The number of aliphatic hydroxyl groups excluding tert-OH is 1. The van der Waals surface area contributed by atoms with Gasteiger partial charge in [0.15, 0.2) is 0 Å². The van der Waals surface area contributed by atoms with Crippen LogP contribution < -0.4 is 0 Å². The molecule has 2 heteroatoms. The first-order valence-corrected chi connectivity index (χ1v) is 6.05. The summed E-state index contributed by atoms with van der Waals surface area (Å²) in [7, 11) is 0. The summed E-state index contributed by atoms with van der Waals surface area (Å²) in [5.74, 6) is 1.69. The first kappa shape index (κ1) is 8.89. The Morgan fingerprint density at radius 3 is 2.42 bits per heavy atom. The molecule has 1 saturated heterocycles. The first-order chi connectivity index (χ1) is 5.75. The van der Waals surface area contributed by atoms with Crippen molar-refractivity contribution >= 4 is 11.8 Å². The van der Waals surface area contributed by atoms with Gasteiger partial charge in [-0.1, -0.05) is 26.2 Å². The van der Waals surface area contributed by atoms with Crippen LogP contribution in [0.25, 0.3) is 0 Å². The summed E-state index contributed by atoms with van der Waals surface area (Å²) >= 11 is 2.03. The lowest BCUT2D eigenvalue weighted by atomic mass is 9.81. The van der Waals surface area contributed by atoms with E-state index in [1.807, 2.05) is 11.8 Å². The molecule has 0 unspecified atom stereocenters. The quantitative estimate of drug-likeness (QED) is 0.627. The fourth-order valence-corrected chi connectivity index (χ4v) is 4.34. The minimum absolute atomic E-state index is 0.0252. The molecule has 1 spiro atoms. The zero-order chi connectivity index (χ0) is 8.60. The Morgan fingerprint density at radius 1 is 1.25 bits per heavy atom. The monoisotopic (exact) mass is 186 g/mol. The lowest BCUT2D eigenvalue weighted by Crippen LogP contribution is -2.39. The smallest absolute Gasteiger partial charge is 0.0720 e. The second kappa shape index (κ2) is 3.22. The van der Waals surface area contributed by atoms with Crippen molar-refractivity contribution < 1.29 is 5.11 Å². The van der Waals surface area contributed by atoms with Crippen LogP contribution in [-0.4, -0.2) is 21.7 Å². The SMILES string of the molecule is C[C@@H]1CSC2(CCCCC2)[C@@H]1O. The fourth-order valence-electron chi connectivity index (χ4n) is 2.58. The van der Waals surface area contributed by atoms with Crippen LogP contribution in [0.5, 0.6) is 0 Å². The highest BCUT2D eigenvalue weighted by atomic mass is 32.2. The summed E-state index contributed by atoms with van der Waals surface area (Å²) in [4.78, 5) is 0. The van der Waals surface area contributed by atoms with E-state index in [9.17, 15) is 5.11 Å². The van der Waals surface area contributed by atoms with Gasteiger partial charge in [0.1, 0.15) is 0 Å². The summed E-state index contributed by atoms with van der Waals surface area (Å²) in [5.41, 5.74) is 0. The van der Waals surface area contributed by atoms with Crippen molar-refractivity contribution in [2.75, 3.05) is 5.75 Å². The minimum Gasteiger partial charge on any atom is -0.391 e. The molecule has 1 aliphatic carbocycles. The number of thioether (sulfide) groups is 1. The van der Waals surface area contributed by atoms with Gasteiger partial charge in [0.2, 0.25) is 0 Å². The lowest BCUT2D eigenvalue weighted by Gasteiger charge is -2.36. The largest absolute Gasteiger partial charge is 0.391 e. The summed E-state index contributed by atoms with van der Waals surface area (Å²) in [6.45, 7) is 2.18. The maximum Gasteiger partial charge on any atom is 0.0720 e. The highest BCUT2D eigenvalue weighted by Crippen LogP contribution is 2.50. The molecule has 2 aliphatic rings. The van der Waals surface area contributed by atoms with Crippen molar-refractivity contribution in [1.29, 1.82) is 0 Å². The second-order valence-corrected chi connectivity index (χ2v) is 5.79. The van der Waals surface area contributed by atoms with Crippen LogP contribution in [0.15, 0.2) is 0 Å². The molecule has 0 amide bonds. The molecule has 2 rings (SSSR count). The molecule has 1 nitrogen and oxygen atoms in total. The number of hydrogen-bond acceptors (Lipinski definition) is 2. The topological polar surface area (TPSA) is 20.2 Å². The van der Waals surface area contributed by atoms with Crippen molar-refractivity contribution in [3.05, 3.63) is 0 Å². The van der Waals surface area contributed by atoms with E-state index in [4.69, 9.17) is 0 Å². The predicted octanol–water partition coefficient (Wildman–Crippen LogP) is 2.43. The Morgan fingerprint density at radius 2 is 1.92 bits per heavy atom. The molecule has 1 heterocycles. The molecule has 2 atom stereocenters. The first-order valence-electron chi connectivity index (χ1n) is 5.07. The van der Waals surface area contributed by atoms with Crippen LogP contribution in [0.3, 0.4) is 0 Å². The standard InChI is InChI=1S/C10H18OS/c1-8-7-12-10(9(8)11)5-3-2-4-6-10/h8-9,11H,2-7H2,1H3/t8-,9-/m1/s1. The molecule has 0 aromatic heterocycles. The van der Waals surface area contributed by atoms with Gasteiger partial charge in [-0.2, -0.15) is 11.8 Å². The summed E-state index contributed by atoms with van der Waals surface area (Å²) in [6, 6.07) is 0. The van der Waals surface area contributed by atoms with Gasteiger partial charge in [-0.3, -0.25) is 0 Å². The average Bonchev–Trinajstić information content (AvgIpc) is 2.37. The van der Waals surface area contributed by atoms with Crippen molar-refractivity contribution in [1.82, 2.24) is 0 Å². The lowest BCUT2D eigenvalue weighted by molar-refractivity contribution is 0.0789. The van der Waals surface area contributed by atoms with Crippen molar-refractivity contribution in [2.45, 2.75) is 49.9 Å². The highest BCUT2D eigenvalue weighted by Gasteiger charge is 2.46. The fraction of sp³-hybridized carbons (Fsp3) is 1.00. The van der Waals surface area contributed by atoms with Gasteiger partial charge in [0.25, 0.3) is 0 Å². The third-order valence-corrected chi connectivity index (χ3v) is 5.33. The van der Waals surface area contributed by atoms with Crippen LogP contribution in [-0.2, 0) is 0 Å². The van der Waals surface area contributed by atoms with Gasteiger partial charge in [-0.05, 0) is 24.5 Å². The minimum atomic E-state index is -0.0252. The van der Waals surface area contributed by atoms with Gasteiger partial charge in [-0.15, -0.1) is 0 Å². The van der Waals surface area contributed by atoms with Crippen LogP contribution >= 0.6 is 11.8 Å². The van der Waals surface area contributed by atoms with E-state index in [2.05, 4.69) is 6.92 Å². The summed E-state index contributed by atoms with van der Waals surface area (Å²) in [5, 5.41) is 10.1. The van der Waals surface area contributed by atoms with E-state index >= 15 is 0 Å². The van der Waals surface area contributed by atoms with Crippen molar-refractivity contribution in [2.24, 2.45) is 5.92 Å². The van der Waals surface area contributed by atoms with E-state index in [1.165, 1.54) is 37.9 Å². The maximum atomic E-state index is 10.1. The molecule has 1 aliphatic heterocycles. The summed E-state index contributed by atoms with van der Waals surface area (Å²) in [6.07, 6.45) is 6.52. The normalized spacial score (nSPS) is 40.5. The number of hydrogen-bond donors (Lipinski definition) is 1. The zero-order valence-electron chi connectivity index (χ0n) is 7.75. The highest BCUT2D eigenvalue weighted by molar-refractivity contribution is 8.01. The van der Waals surface area contributed by atoms with E-state index in [0.29, 0.717) is 5.92 Å². The molecule has 12 heavy (non-hydrogen) atoms. The molecule has 0 aromatic carbocycles. The Labute approximate surface area is 78.9 Å². The number of rotatable bonds is 0. The van der Waals surface area contributed by atoms with Gasteiger partial charge in [0.05, 0.1) is 6.10 Å². The van der Waals surface area contributed by atoms with E-state index < -0.39 is 0 Å². The van der Waals surface area contributed by atoms with Crippen LogP contribution in [0.4, 0.5) is 0 Å². The molecule has 1 saturated carbocycles. The molecule has 2 fully saturated rings. The molecule has 0 aromatic rings. The molecule has 1 N–H and O–H groups in total. The van der Waals surface area contributed by atoms with Gasteiger partial charge >= 0.3 is 0 Å². The molecule has 0 bridgehead atoms. The molecular weight excluding hydrogens is 168 g/mol. The Kier molecular flexibility index (Phi) is 2.39. The Balaban J connectivity index is 2.09. The third kappa shape index (κ3) is 1.29. The van der Waals surface area contributed by atoms with E-state index in [0.717, 1.165) is 0 Å². The zero-order valence-corrected chi connectivity index (χ0v) is 8.57. The van der Waals surface area contributed by atoms with Gasteiger partial charge in [0, 0.05) is 4.75 Å². The predicted molar refractivity (Wildman–Crippen MR) is 53.4 cm³/mol. The maximum absolute atomic E-state index is 10.1. The molecule has 0 radical (unpaired) electrons. The van der Waals surface area contributed by atoms with E-state index in [1.54, 1.807) is 0 Å². The van der Waals surface area contributed by atoms with Gasteiger partial charge in [-0.25, -0.2) is 0 Å². The Bertz CT molecular complexity index is 158. The molecule has 70 valence electrons. The second-order valence-electron chi connectivity index (χ2n) is 4.36. The third-order valence-electron chi connectivity index (χ3n) is 3.41. The van der Waals surface area contributed by atoms with Crippen molar-refractivity contribution in [3.63, 3.8) is 0 Å². The summed E-state index contributed by atoms with van der Waals surface area (Å²) < 4.78 is 0.275. The van der Waals surface area contributed by atoms with Crippen LogP contribution in [0.2, 0.25) is 0 Å². The molecular formula is C10H18OS. The van der Waals surface area contributed by atoms with E-state index in [-0.39, 0.29) is 10.9 Å². The Hall–Kier alpha value is 0.310. The van der Waals surface area contributed by atoms with Crippen LogP contribution in [0, 0.1) is 5.92 Å². The average molecular weight is 186 g/mol. The van der Waals surface area contributed by atoms with Gasteiger partial charge < -0.3 is 5.11 Å². The van der Waals surface area contributed by atoms with Crippen LogP contribution in [0.1, 0.15) is 39.0 Å².